The van der Waals surface area contributed by atoms with Crippen molar-refractivity contribution < 1.29 is 9.53 Å². The van der Waals surface area contributed by atoms with Gasteiger partial charge in [-0.3, -0.25) is 9.59 Å². The van der Waals surface area contributed by atoms with Gasteiger partial charge in [-0.15, -0.1) is 16.4 Å². The van der Waals surface area contributed by atoms with Crippen molar-refractivity contribution in [2.45, 2.75) is 18.9 Å². The third kappa shape index (κ3) is 4.20. The molecule has 0 saturated carbocycles. The van der Waals surface area contributed by atoms with Gasteiger partial charge in [-0.2, -0.15) is 5.26 Å². The molecule has 2 aromatic carbocycles. The number of aryl methyl sites for hydroxylation is 1. The summed E-state index contributed by atoms with van der Waals surface area (Å²) < 4.78 is 6.31. The van der Waals surface area contributed by atoms with E-state index in [4.69, 9.17) is 4.74 Å². The molecule has 2 heterocycles. The average molecular weight is 431 g/mol. The Bertz CT molecular complexity index is 1340. The average Bonchev–Trinajstić information content (AvgIpc) is 3.29. The standard InChI is InChI=1S/C22H17N5O3S/c1-30-15-8-6-14(7-9-15)19-13-31-21(24-19)17(12-23)20(28)10-11-27-22(29)16-4-2-3-5-18(16)25-26-27/h2-9,13,17H,10-11H2,1H3. The molecule has 0 fully saturated rings. The fourth-order valence-corrected chi connectivity index (χ4v) is 4.00. The van der Waals surface area contributed by atoms with Gasteiger partial charge in [-0.25, -0.2) is 9.67 Å². The smallest absolute Gasteiger partial charge is 0.277 e. The highest BCUT2D eigenvalue weighted by Crippen LogP contribution is 2.28. The van der Waals surface area contributed by atoms with Crippen LogP contribution in [0.15, 0.2) is 58.7 Å². The molecule has 0 aliphatic carbocycles. The maximum Gasteiger partial charge on any atom is 0.277 e. The molecule has 0 radical (unpaired) electrons. The van der Waals surface area contributed by atoms with E-state index in [1.807, 2.05) is 35.7 Å². The molecule has 1 unspecified atom stereocenters. The molecule has 1 atom stereocenters. The molecule has 31 heavy (non-hydrogen) atoms. The van der Waals surface area contributed by atoms with E-state index < -0.39 is 5.92 Å². The number of carbonyl (C=O) groups excluding carboxylic acids is 1. The van der Waals surface area contributed by atoms with Crippen LogP contribution >= 0.6 is 11.3 Å². The van der Waals surface area contributed by atoms with Crippen LogP contribution in [0.25, 0.3) is 22.2 Å². The summed E-state index contributed by atoms with van der Waals surface area (Å²) in [6, 6.07) is 16.3. The van der Waals surface area contributed by atoms with Gasteiger partial charge in [0, 0.05) is 17.4 Å². The minimum absolute atomic E-state index is 0.0252. The first-order valence-corrected chi connectivity index (χ1v) is 10.3. The van der Waals surface area contributed by atoms with Gasteiger partial charge in [0.1, 0.15) is 16.3 Å². The molecule has 0 spiro atoms. The lowest BCUT2D eigenvalue weighted by Gasteiger charge is -2.07. The molecule has 154 valence electrons. The van der Waals surface area contributed by atoms with Crippen LogP contribution in [-0.2, 0) is 11.3 Å². The number of nitriles is 1. The summed E-state index contributed by atoms with van der Waals surface area (Å²) in [5, 5.41) is 20.1. The Hall–Kier alpha value is -3.90. The van der Waals surface area contributed by atoms with E-state index >= 15 is 0 Å². The van der Waals surface area contributed by atoms with E-state index in [0.717, 1.165) is 16.0 Å². The molecule has 4 rings (SSSR count). The number of ketones is 1. The van der Waals surface area contributed by atoms with Crippen LogP contribution in [0.2, 0.25) is 0 Å². The monoisotopic (exact) mass is 431 g/mol. The van der Waals surface area contributed by atoms with Crippen LogP contribution in [0.4, 0.5) is 0 Å². The quantitative estimate of drug-likeness (QED) is 0.442. The van der Waals surface area contributed by atoms with Gasteiger partial charge in [0.15, 0.2) is 11.7 Å². The Morgan fingerprint density at radius 2 is 2.00 bits per heavy atom. The van der Waals surface area contributed by atoms with Crippen LogP contribution in [0.1, 0.15) is 17.3 Å². The number of hydrogen-bond acceptors (Lipinski definition) is 8. The third-order valence-corrected chi connectivity index (χ3v) is 5.71. The topological polar surface area (TPSA) is 111 Å². The zero-order valence-corrected chi connectivity index (χ0v) is 17.4. The van der Waals surface area contributed by atoms with Crippen molar-refractivity contribution in [2.75, 3.05) is 7.11 Å². The lowest BCUT2D eigenvalue weighted by Crippen LogP contribution is -2.26. The summed E-state index contributed by atoms with van der Waals surface area (Å²) in [5.74, 6) is -0.586. The predicted octanol–water partition coefficient (Wildman–Crippen LogP) is 3.19. The van der Waals surface area contributed by atoms with Gasteiger partial charge in [-0.1, -0.05) is 17.3 Å². The molecule has 0 aliphatic rings. The van der Waals surface area contributed by atoms with Gasteiger partial charge in [0.05, 0.1) is 30.8 Å². The molecule has 0 bridgehead atoms. The van der Waals surface area contributed by atoms with Gasteiger partial charge < -0.3 is 4.74 Å². The number of rotatable bonds is 7. The van der Waals surface area contributed by atoms with Gasteiger partial charge in [0.2, 0.25) is 0 Å². The predicted molar refractivity (Wildman–Crippen MR) is 116 cm³/mol. The summed E-state index contributed by atoms with van der Waals surface area (Å²) in [5.41, 5.74) is 1.74. The van der Waals surface area contributed by atoms with Crippen molar-refractivity contribution in [2.24, 2.45) is 0 Å². The molecule has 8 nitrogen and oxygen atoms in total. The molecule has 0 saturated heterocycles. The minimum Gasteiger partial charge on any atom is -0.497 e. The minimum atomic E-state index is -0.999. The highest BCUT2D eigenvalue weighted by Gasteiger charge is 2.24. The molecular weight excluding hydrogens is 414 g/mol. The number of benzene rings is 2. The number of ether oxygens (including phenoxy) is 1. The first-order valence-electron chi connectivity index (χ1n) is 9.45. The Labute approximate surface area is 181 Å². The van der Waals surface area contributed by atoms with Crippen molar-refractivity contribution in [3.8, 4) is 23.1 Å². The Kier molecular flexibility index (Phi) is 5.82. The Morgan fingerprint density at radius 1 is 1.23 bits per heavy atom. The summed E-state index contributed by atoms with van der Waals surface area (Å²) in [6.45, 7) is 0.0460. The van der Waals surface area contributed by atoms with E-state index in [-0.39, 0.29) is 24.3 Å². The lowest BCUT2D eigenvalue weighted by molar-refractivity contribution is -0.119. The SMILES string of the molecule is COc1ccc(-c2csc(C(C#N)C(=O)CCn3nnc4ccccc4c3=O)n2)cc1. The number of nitrogens with zero attached hydrogens (tertiary/aromatic N) is 5. The van der Waals surface area contributed by atoms with Crippen LogP contribution in [0, 0.1) is 11.3 Å². The van der Waals surface area contributed by atoms with Crippen molar-refractivity contribution in [3.63, 3.8) is 0 Å². The molecule has 0 aliphatic heterocycles. The highest BCUT2D eigenvalue weighted by atomic mass is 32.1. The summed E-state index contributed by atoms with van der Waals surface area (Å²) in [7, 11) is 1.59. The largest absolute Gasteiger partial charge is 0.497 e. The maximum absolute atomic E-state index is 12.7. The molecule has 0 N–H and O–H groups in total. The number of fused-ring (bicyclic) bond motifs is 1. The number of carbonyl (C=O) groups is 1. The summed E-state index contributed by atoms with van der Waals surface area (Å²) in [6.07, 6.45) is -0.0252. The van der Waals surface area contributed by atoms with E-state index in [2.05, 4.69) is 15.3 Å². The van der Waals surface area contributed by atoms with Gasteiger partial charge in [0.25, 0.3) is 5.56 Å². The lowest BCUT2D eigenvalue weighted by atomic mass is 10.0. The normalized spacial score (nSPS) is 11.7. The van der Waals surface area contributed by atoms with Crippen molar-refractivity contribution >= 4 is 28.0 Å². The van der Waals surface area contributed by atoms with Crippen molar-refractivity contribution in [3.05, 3.63) is 69.3 Å². The first-order chi connectivity index (χ1) is 15.1. The van der Waals surface area contributed by atoms with Crippen LogP contribution in [0.3, 0.4) is 0 Å². The second kappa shape index (κ2) is 8.85. The van der Waals surface area contributed by atoms with Crippen LogP contribution in [-0.4, -0.2) is 32.9 Å². The summed E-state index contributed by atoms with van der Waals surface area (Å²) >= 11 is 1.26. The zero-order valence-electron chi connectivity index (χ0n) is 16.6. The fraction of sp³-hybridized carbons (Fsp3) is 0.182. The Morgan fingerprint density at radius 3 is 2.74 bits per heavy atom. The van der Waals surface area contributed by atoms with Gasteiger partial charge >= 0.3 is 0 Å². The van der Waals surface area contributed by atoms with Crippen molar-refractivity contribution in [1.29, 1.82) is 5.26 Å². The third-order valence-electron chi connectivity index (χ3n) is 4.81. The number of Topliss-reactive ketones (excluding diaryl/α,β-unsaturated/α-hetero) is 1. The fourth-order valence-electron chi connectivity index (χ4n) is 3.11. The number of hydrogen-bond donors (Lipinski definition) is 0. The van der Waals surface area contributed by atoms with Crippen molar-refractivity contribution in [1.82, 2.24) is 20.0 Å². The van der Waals surface area contributed by atoms with Crippen LogP contribution in [0.5, 0.6) is 5.75 Å². The van der Waals surface area contributed by atoms with E-state index in [9.17, 15) is 14.9 Å². The first kappa shape index (κ1) is 20.4. The summed E-state index contributed by atoms with van der Waals surface area (Å²) in [4.78, 5) is 29.7. The zero-order chi connectivity index (χ0) is 21.8. The van der Waals surface area contributed by atoms with E-state index in [1.54, 1.807) is 31.4 Å². The number of methoxy groups -OCH3 is 1. The molecular formula is C22H17N5O3S. The second-order valence-electron chi connectivity index (χ2n) is 6.71. The molecule has 2 aromatic heterocycles. The Balaban J connectivity index is 1.49. The highest BCUT2D eigenvalue weighted by molar-refractivity contribution is 7.10. The molecule has 4 aromatic rings. The molecule has 0 amide bonds. The van der Waals surface area contributed by atoms with E-state index in [0.29, 0.717) is 21.6 Å². The van der Waals surface area contributed by atoms with Gasteiger partial charge in [-0.05, 0) is 36.4 Å². The maximum atomic E-state index is 12.7. The number of thiazole rings is 1. The molecule has 9 heteroatoms. The second-order valence-corrected chi connectivity index (χ2v) is 7.60. The van der Waals surface area contributed by atoms with Crippen LogP contribution < -0.4 is 10.3 Å². The van der Waals surface area contributed by atoms with E-state index in [1.165, 1.54) is 11.3 Å². The number of aromatic nitrogens is 4.